The first-order chi connectivity index (χ1) is 15.1. The van der Waals surface area contributed by atoms with Crippen molar-refractivity contribution in [2.24, 2.45) is 11.8 Å². The fraction of sp³-hybridized carbons (Fsp3) is 0.613. The van der Waals surface area contributed by atoms with Crippen molar-refractivity contribution in [3.63, 3.8) is 0 Å². The van der Waals surface area contributed by atoms with Crippen molar-refractivity contribution in [1.82, 2.24) is 0 Å². The lowest BCUT2D eigenvalue weighted by Gasteiger charge is -2.29. The molecule has 1 heteroatoms. The highest BCUT2D eigenvalue weighted by Crippen LogP contribution is 2.31. The second-order valence-corrected chi connectivity index (χ2v) is 10.1. The van der Waals surface area contributed by atoms with Crippen molar-refractivity contribution in [3.8, 4) is 0 Å². The predicted octanol–water partition coefficient (Wildman–Crippen LogP) is 9.14. The van der Waals surface area contributed by atoms with Crippen molar-refractivity contribution in [3.05, 3.63) is 64.2 Å². The Morgan fingerprint density at radius 1 is 0.875 bits per heavy atom. The lowest BCUT2D eigenvalue weighted by atomic mass is 9.77. The molecule has 1 aliphatic carbocycles. The first-order valence-corrected chi connectivity index (χ1v) is 13.1. The standard InChI is InChI=1S/C16H24.C13H21N.C2H6/c1-11(2)13-5-7-16-10-14(12(3)4)6-8-15(16)9-13;1-6-14(10(2)3)13-8-7-11(4)9-12(13)5;1-2/h5,7,9,11-12,14H,6,8,10H2,1-4H3;7-10H,6H2,1-5H3;1-2H3. The number of fused-ring (bicyclic) bond motifs is 1. The SMILES string of the molecule is CC.CC(C)c1ccc2c(c1)CCC(C(C)C)C2.CCN(c1ccc(C)cc1C)C(C)C. The van der Waals surface area contributed by atoms with Crippen LogP contribution in [0.2, 0.25) is 0 Å². The van der Waals surface area contributed by atoms with Gasteiger partial charge in [0, 0.05) is 18.3 Å². The Labute approximate surface area is 200 Å². The van der Waals surface area contributed by atoms with Gasteiger partial charge in [0.1, 0.15) is 0 Å². The lowest BCUT2D eigenvalue weighted by molar-refractivity contribution is 0.343. The van der Waals surface area contributed by atoms with Gasteiger partial charge in [-0.05, 0) is 100.0 Å². The van der Waals surface area contributed by atoms with Gasteiger partial charge in [-0.25, -0.2) is 0 Å². The zero-order valence-electron chi connectivity index (χ0n) is 23.0. The Morgan fingerprint density at radius 2 is 1.53 bits per heavy atom. The molecule has 1 unspecified atom stereocenters. The monoisotopic (exact) mass is 437 g/mol. The molecule has 3 rings (SSSR count). The number of hydrogen-bond acceptors (Lipinski definition) is 1. The van der Waals surface area contributed by atoms with Crippen molar-refractivity contribution in [1.29, 1.82) is 0 Å². The van der Waals surface area contributed by atoms with Crippen LogP contribution in [0.1, 0.15) is 102 Å². The van der Waals surface area contributed by atoms with Crippen molar-refractivity contribution < 1.29 is 0 Å². The molecule has 2 aromatic carbocycles. The second kappa shape index (κ2) is 13.7. The van der Waals surface area contributed by atoms with E-state index in [0.29, 0.717) is 12.0 Å². The van der Waals surface area contributed by atoms with Gasteiger partial charge in [0.25, 0.3) is 0 Å². The average molecular weight is 438 g/mol. The molecule has 0 radical (unpaired) electrons. The van der Waals surface area contributed by atoms with Crippen LogP contribution >= 0.6 is 0 Å². The Kier molecular flexibility index (Phi) is 12.1. The summed E-state index contributed by atoms with van der Waals surface area (Å²) in [7, 11) is 0. The number of aryl methyl sites for hydroxylation is 3. The molecule has 0 aliphatic heterocycles. The molecular formula is C31H51N. The highest BCUT2D eigenvalue weighted by atomic mass is 15.1. The number of hydrogen-bond donors (Lipinski definition) is 0. The smallest absolute Gasteiger partial charge is 0.0398 e. The molecule has 0 N–H and O–H groups in total. The molecule has 0 bridgehead atoms. The molecule has 0 spiro atoms. The summed E-state index contributed by atoms with van der Waals surface area (Å²) < 4.78 is 0. The molecule has 32 heavy (non-hydrogen) atoms. The highest BCUT2D eigenvalue weighted by Gasteiger charge is 2.21. The minimum Gasteiger partial charge on any atom is -0.369 e. The van der Waals surface area contributed by atoms with Gasteiger partial charge in [0.2, 0.25) is 0 Å². The van der Waals surface area contributed by atoms with Crippen LogP contribution in [-0.4, -0.2) is 12.6 Å². The predicted molar refractivity (Wildman–Crippen MR) is 146 cm³/mol. The van der Waals surface area contributed by atoms with Gasteiger partial charge in [-0.2, -0.15) is 0 Å². The molecule has 0 saturated carbocycles. The molecule has 1 atom stereocenters. The second-order valence-electron chi connectivity index (χ2n) is 10.1. The van der Waals surface area contributed by atoms with Gasteiger partial charge in [-0.3, -0.25) is 0 Å². The van der Waals surface area contributed by atoms with E-state index in [0.717, 1.165) is 18.4 Å². The van der Waals surface area contributed by atoms with E-state index in [1.54, 1.807) is 11.1 Å². The Bertz CT molecular complexity index is 800. The van der Waals surface area contributed by atoms with Crippen molar-refractivity contribution >= 4 is 5.69 Å². The third-order valence-electron chi connectivity index (χ3n) is 6.73. The molecule has 1 aliphatic rings. The average Bonchev–Trinajstić information content (AvgIpc) is 2.76. The largest absolute Gasteiger partial charge is 0.369 e. The summed E-state index contributed by atoms with van der Waals surface area (Å²) in [6.07, 6.45) is 3.97. The Morgan fingerprint density at radius 3 is 2.03 bits per heavy atom. The maximum Gasteiger partial charge on any atom is 0.0398 e. The molecule has 1 nitrogen and oxygen atoms in total. The molecule has 0 saturated heterocycles. The van der Waals surface area contributed by atoms with Crippen LogP contribution in [0.5, 0.6) is 0 Å². The van der Waals surface area contributed by atoms with Gasteiger partial charge >= 0.3 is 0 Å². The zero-order chi connectivity index (χ0) is 24.4. The summed E-state index contributed by atoms with van der Waals surface area (Å²) in [5, 5.41) is 0. The third kappa shape index (κ3) is 7.98. The van der Waals surface area contributed by atoms with Gasteiger partial charge in [0.15, 0.2) is 0 Å². The molecule has 0 fully saturated rings. The van der Waals surface area contributed by atoms with E-state index in [-0.39, 0.29) is 0 Å². The number of anilines is 1. The van der Waals surface area contributed by atoms with Crippen LogP contribution in [0.25, 0.3) is 0 Å². The third-order valence-corrected chi connectivity index (χ3v) is 6.73. The number of rotatable bonds is 5. The maximum atomic E-state index is 2.44. The highest BCUT2D eigenvalue weighted by molar-refractivity contribution is 5.54. The Balaban J connectivity index is 0.000000300. The van der Waals surface area contributed by atoms with Crippen LogP contribution < -0.4 is 4.90 Å². The summed E-state index contributed by atoms with van der Waals surface area (Å²) in [6, 6.07) is 14.4. The molecule has 0 heterocycles. The summed E-state index contributed by atoms with van der Waals surface area (Å²) >= 11 is 0. The van der Waals surface area contributed by atoms with Crippen molar-refractivity contribution in [2.45, 2.75) is 107 Å². The quantitative estimate of drug-likeness (QED) is 0.450. The minimum absolute atomic E-state index is 0.571. The molecule has 180 valence electrons. The van der Waals surface area contributed by atoms with Crippen LogP contribution in [-0.2, 0) is 12.8 Å². The zero-order valence-corrected chi connectivity index (χ0v) is 23.0. The number of benzene rings is 2. The van der Waals surface area contributed by atoms with Crippen LogP contribution in [0, 0.1) is 25.7 Å². The topological polar surface area (TPSA) is 3.24 Å². The van der Waals surface area contributed by atoms with Crippen LogP contribution in [0.3, 0.4) is 0 Å². The van der Waals surface area contributed by atoms with Gasteiger partial charge in [0.05, 0.1) is 0 Å². The normalized spacial score (nSPS) is 15.0. The summed E-state index contributed by atoms with van der Waals surface area (Å²) in [5.74, 6) is 2.39. The van der Waals surface area contributed by atoms with E-state index in [1.165, 1.54) is 41.6 Å². The molecule has 2 aromatic rings. The molecule has 0 amide bonds. The minimum atomic E-state index is 0.571. The first kappa shape index (κ1) is 28.3. The van der Waals surface area contributed by atoms with E-state index >= 15 is 0 Å². The van der Waals surface area contributed by atoms with Gasteiger partial charge in [-0.1, -0.05) is 77.4 Å². The van der Waals surface area contributed by atoms with E-state index in [9.17, 15) is 0 Å². The molecular weight excluding hydrogens is 386 g/mol. The summed E-state index contributed by atoms with van der Waals surface area (Å²) in [4.78, 5) is 2.43. The fourth-order valence-electron chi connectivity index (χ4n) is 4.67. The Hall–Kier alpha value is -1.76. The maximum absolute atomic E-state index is 2.44. The van der Waals surface area contributed by atoms with Crippen LogP contribution in [0.4, 0.5) is 5.69 Å². The van der Waals surface area contributed by atoms with E-state index in [2.05, 4.69) is 104 Å². The van der Waals surface area contributed by atoms with E-state index in [1.807, 2.05) is 13.8 Å². The lowest BCUT2D eigenvalue weighted by Crippen LogP contribution is -2.30. The van der Waals surface area contributed by atoms with Gasteiger partial charge < -0.3 is 4.90 Å². The van der Waals surface area contributed by atoms with Crippen LogP contribution in [0.15, 0.2) is 36.4 Å². The summed E-state index contributed by atoms with van der Waals surface area (Å²) in [5.41, 5.74) is 8.80. The summed E-state index contributed by atoms with van der Waals surface area (Å²) in [6.45, 7) is 25.4. The molecule has 0 aromatic heterocycles. The van der Waals surface area contributed by atoms with Gasteiger partial charge in [-0.15, -0.1) is 0 Å². The van der Waals surface area contributed by atoms with E-state index < -0.39 is 0 Å². The fourth-order valence-corrected chi connectivity index (χ4v) is 4.67. The number of nitrogens with zero attached hydrogens (tertiary/aromatic N) is 1. The first-order valence-electron chi connectivity index (χ1n) is 13.1. The van der Waals surface area contributed by atoms with Crippen molar-refractivity contribution in [2.75, 3.05) is 11.4 Å². The van der Waals surface area contributed by atoms with E-state index in [4.69, 9.17) is 0 Å².